The molecule has 1 aromatic rings. The fourth-order valence-corrected chi connectivity index (χ4v) is 4.89. The van der Waals surface area contributed by atoms with Gasteiger partial charge < -0.3 is 19.1 Å². The Bertz CT molecular complexity index is 706. The lowest BCUT2D eigenvalue weighted by Crippen LogP contribution is -2.44. The quantitative estimate of drug-likeness (QED) is 0.783. The van der Waals surface area contributed by atoms with Gasteiger partial charge in [-0.25, -0.2) is 4.68 Å². The van der Waals surface area contributed by atoms with Crippen LogP contribution in [0.15, 0.2) is 6.20 Å². The van der Waals surface area contributed by atoms with Gasteiger partial charge in [0.1, 0.15) is 0 Å². The Balaban J connectivity index is 2.42. The Hall–Kier alpha value is -0.750. The van der Waals surface area contributed by atoms with E-state index in [4.69, 9.17) is 4.74 Å². The first kappa shape index (κ1) is 22.5. The van der Waals surface area contributed by atoms with Crippen molar-refractivity contribution < 1.29 is 19.1 Å². The molecule has 0 amide bonds. The van der Waals surface area contributed by atoms with Crippen LogP contribution in [-0.2, 0) is 15.8 Å². The highest BCUT2D eigenvalue weighted by Crippen LogP contribution is 2.55. The van der Waals surface area contributed by atoms with Crippen LogP contribution in [0, 0.1) is 28.1 Å². The Morgan fingerprint density at radius 1 is 1.07 bits per heavy atom. The van der Waals surface area contributed by atoms with Crippen LogP contribution in [-0.4, -0.2) is 32.1 Å². The predicted octanol–water partition coefficient (Wildman–Crippen LogP) is 2.59. The molecule has 1 N–H and O–H groups in total. The fourth-order valence-electron chi connectivity index (χ4n) is 4.46. The molecule has 2 unspecified atom stereocenters. The first-order valence-corrected chi connectivity index (χ1v) is 11.1. The minimum Gasteiger partial charge on any atom is -0.774 e. The van der Waals surface area contributed by atoms with Crippen LogP contribution in [0.4, 0.5) is 0 Å². The molecule has 2 rings (SSSR count). The van der Waals surface area contributed by atoms with Gasteiger partial charge in [-0.1, -0.05) is 67.5 Å². The minimum absolute atomic E-state index is 0.00315. The van der Waals surface area contributed by atoms with Gasteiger partial charge in [0, 0.05) is 0 Å². The van der Waals surface area contributed by atoms with Crippen LogP contribution >= 0.6 is 7.60 Å². The second-order valence-electron chi connectivity index (χ2n) is 11.1. The third-order valence-electron chi connectivity index (χ3n) is 5.47. The van der Waals surface area contributed by atoms with E-state index in [2.05, 4.69) is 72.6 Å². The lowest BCUT2D eigenvalue weighted by molar-refractivity contribution is -0.189. The molecule has 0 bridgehead atoms. The molecule has 0 spiro atoms. The standard InChI is InChI=1S/C19H36N3O4P/c1-17(2,3)14-12(10-22-11-13(20-21-22)27(23,24)25)26-16(19(7,8)9)15(14)18(4,5)6/h11-12,14-16H,10H2,1-9H3,(H2,23,24,25)/p-1/t12-,14?,15+,16-/m1/s1. The number of nitrogens with zero attached hydrogens (tertiary/aromatic N) is 3. The number of hydrogen-bond acceptors (Lipinski definition) is 5. The maximum absolute atomic E-state index is 11.3. The summed E-state index contributed by atoms with van der Waals surface area (Å²) in [7, 11) is -4.65. The Morgan fingerprint density at radius 3 is 1.96 bits per heavy atom. The summed E-state index contributed by atoms with van der Waals surface area (Å²) in [5.41, 5.74) is -0.391. The van der Waals surface area contributed by atoms with E-state index in [1.54, 1.807) is 0 Å². The van der Waals surface area contributed by atoms with Crippen molar-refractivity contribution in [3.63, 3.8) is 0 Å². The second-order valence-corrected chi connectivity index (χ2v) is 12.6. The van der Waals surface area contributed by atoms with E-state index in [-0.39, 0.29) is 34.4 Å². The Labute approximate surface area is 163 Å². The van der Waals surface area contributed by atoms with E-state index in [0.717, 1.165) is 0 Å². The van der Waals surface area contributed by atoms with Crippen molar-refractivity contribution >= 4 is 13.0 Å². The molecule has 1 aliphatic heterocycles. The first-order valence-electron chi connectivity index (χ1n) is 9.52. The Kier molecular flexibility index (Phi) is 5.79. The summed E-state index contributed by atoms with van der Waals surface area (Å²) >= 11 is 0. The van der Waals surface area contributed by atoms with E-state index in [9.17, 15) is 14.4 Å². The summed E-state index contributed by atoms with van der Waals surface area (Å²) < 4.78 is 19.4. The van der Waals surface area contributed by atoms with Crippen molar-refractivity contribution in [2.45, 2.75) is 81.1 Å². The molecule has 2 heterocycles. The summed E-state index contributed by atoms with van der Waals surface area (Å²) in [6.07, 6.45) is 1.21. The highest BCUT2D eigenvalue weighted by Gasteiger charge is 2.56. The SMILES string of the molecule is CC(C)(C)C1[C@@H](Cn2cc(P(=O)([O-])O)nn2)O[C@@H](C(C)(C)C)[C@H]1C(C)(C)C. The van der Waals surface area contributed by atoms with Gasteiger partial charge >= 0.3 is 0 Å². The zero-order valence-corrected chi connectivity index (χ0v) is 18.9. The molecule has 0 aromatic carbocycles. The average Bonchev–Trinajstić information content (AvgIpc) is 3.00. The molecule has 27 heavy (non-hydrogen) atoms. The van der Waals surface area contributed by atoms with Gasteiger partial charge in [-0.2, -0.15) is 0 Å². The van der Waals surface area contributed by atoms with E-state index >= 15 is 0 Å². The molecular weight excluding hydrogens is 365 g/mol. The zero-order chi connectivity index (χ0) is 21.0. The number of rotatable bonds is 3. The van der Waals surface area contributed by atoms with Gasteiger partial charge in [0.15, 0.2) is 13.0 Å². The molecule has 0 aliphatic carbocycles. The van der Waals surface area contributed by atoms with Gasteiger partial charge in [-0.3, -0.25) is 0 Å². The van der Waals surface area contributed by atoms with Crippen LogP contribution in [0.3, 0.4) is 0 Å². The second kappa shape index (κ2) is 6.94. The van der Waals surface area contributed by atoms with Crippen molar-refractivity contribution in [3.05, 3.63) is 6.20 Å². The van der Waals surface area contributed by atoms with Crippen molar-refractivity contribution in [2.75, 3.05) is 0 Å². The summed E-state index contributed by atoms with van der Waals surface area (Å²) in [6.45, 7) is 20.4. The average molecular weight is 400 g/mol. The third kappa shape index (κ3) is 5.00. The molecule has 5 atom stereocenters. The maximum atomic E-state index is 11.3. The fraction of sp³-hybridized carbons (Fsp3) is 0.895. The highest BCUT2D eigenvalue weighted by atomic mass is 31.2. The van der Waals surface area contributed by atoms with Crippen LogP contribution in [0.1, 0.15) is 62.3 Å². The van der Waals surface area contributed by atoms with Crippen LogP contribution in [0.5, 0.6) is 0 Å². The largest absolute Gasteiger partial charge is 0.774 e. The molecule has 1 aromatic heterocycles. The third-order valence-corrected chi connectivity index (χ3v) is 6.26. The number of ether oxygens (including phenoxy) is 1. The summed E-state index contributed by atoms with van der Waals surface area (Å²) in [5, 5.41) is 7.48. The molecular formula is C19H35N3O4P-. The van der Waals surface area contributed by atoms with Crippen LogP contribution < -0.4 is 10.3 Å². The molecule has 1 saturated heterocycles. The first-order chi connectivity index (χ1) is 11.9. The maximum Gasteiger partial charge on any atom is 0.184 e. The topological polar surface area (TPSA) is 100 Å². The van der Waals surface area contributed by atoms with E-state index in [1.165, 1.54) is 10.9 Å². The lowest BCUT2D eigenvalue weighted by atomic mass is 9.59. The molecule has 0 radical (unpaired) electrons. The minimum atomic E-state index is -4.65. The molecule has 7 nitrogen and oxygen atoms in total. The van der Waals surface area contributed by atoms with Crippen molar-refractivity contribution in [2.24, 2.45) is 28.1 Å². The van der Waals surface area contributed by atoms with Gasteiger partial charge in [0.25, 0.3) is 0 Å². The smallest absolute Gasteiger partial charge is 0.184 e. The normalized spacial score (nSPS) is 29.7. The zero-order valence-electron chi connectivity index (χ0n) is 18.1. The Morgan fingerprint density at radius 2 is 1.59 bits per heavy atom. The summed E-state index contributed by atoms with van der Waals surface area (Å²) in [4.78, 5) is 20.5. The van der Waals surface area contributed by atoms with E-state index < -0.39 is 13.0 Å². The molecule has 8 heteroatoms. The van der Waals surface area contributed by atoms with Crippen LogP contribution in [0.2, 0.25) is 0 Å². The van der Waals surface area contributed by atoms with Gasteiger partial charge in [0.2, 0.25) is 0 Å². The summed E-state index contributed by atoms with van der Waals surface area (Å²) in [6, 6.07) is 0. The van der Waals surface area contributed by atoms with Gasteiger partial charge in [0.05, 0.1) is 24.9 Å². The molecule has 1 aliphatic rings. The van der Waals surface area contributed by atoms with Crippen molar-refractivity contribution in [1.82, 2.24) is 15.0 Å². The van der Waals surface area contributed by atoms with E-state index in [1.807, 2.05) is 0 Å². The highest BCUT2D eigenvalue weighted by molar-refractivity contribution is 7.58. The predicted molar refractivity (Wildman–Crippen MR) is 103 cm³/mol. The van der Waals surface area contributed by atoms with Crippen molar-refractivity contribution in [3.8, 4) is 0 Å². The molecule has 0 saturated carbocycles. The van der Waals surface area contributed by atoms with Gasteiger partial charge in [-0.05, 0) is 28.1 Å². The van der Waals surface area contributed by atoms with E-state index in [0.29, 0.717) is 12.5 Å². The lowest BCUT2D eigenvalue weighted by Gasteiger charge is -2.44. The van der Waals surface area contributed by atoms with Gasteiger partial charge in [-0.15, -0.1) is 5.10 Å². The summed E-state index contributed by atoms with van der Waals surface area (Å²) in [5.74, 6) is 0.580. The van der Waals surface area contributed by atoms with Crippen molar-refractivity contribution in [1.29, 1.82) is 0 Å². The number of hydrogen-bond donors (Lipinski definition) is 1. The monoisotopic (exact) mass is 400 g/mol. The van der Waals surface area contributed by atoms with Crippen LogP contribution in [0.25, 0.3) is 0 Å². The molecule has 1 fully saturated rings. The number of aromatic nitrogens is 3. The molecule has 156 valence electrons.